The van der Waals surface area contributed by atoms with Crippen LogP contribution in [0.3, 0.4) is 0 Å². The van der Waals surface area contributed by atoms with E-state index in [1.165, 1.54) is 0 Å². The maximum atomic E-state index is 13.0. The summed E-state index contributed by atoms with van der Waals surface area (Å²) in [5.41, 5.74) is 1.41. The molecule has 1 aromatic rings. The van der Waals surface area contributed by atoms with E-state index in [9.17, 15) is 18.4 Å². The molecule has 1 aromatic carbocycles. The van der Waals surface area contributed by atoms with Gasteiger partial charge in [0.2, 0.25) is 5.91 Å². The summed E-state index contributed by atoms with van der Waals surface area (Å²) in [6.45, 7) is 7.26. The van der Waals surface area contributed by atoms with E-state index < -0.39 is 12.5 Å². The number of nitrogens with one attached hydrogen (secondary N) is 1. The summed E-state index contributed by atoms with van der Waals surface area (Å²) >= 11 is 0. The minimum Gasteiger partial charge on any atom is -0.340 e. The van der Waals surface area contributed by atoms with Crippen LogP contribution in [0.15, 0.2) is 24.3 Å². The fourth-order valence-electron chi connectivity index (χ4n) is 3.32. The topological polar surface area (TPSA) is 52.7 Å². The van der Waals surface area contributed by atoms with Crippen LogP contribution in [0.5, 0.6) is 0 Å². The summed E-state index contributed by atoms with van der Waals surface area (Å²) in [6, 6.07) is 6.64. The Kier molecular flexibility index (Phi) is 7.71. The van der Waals surface area contributed by atoms with Gasteiger partial charge in [0, 0.05) is 31.7 Å². The SMILES string of the molecule is Cc1ccccc1C(=O)N[C@H](CC(C)C)C(=O)N1CCN(CC(F)F)CC1. The Bertz CT molecular complexity index is 644. The third-order valence-electron chi connectivity index (χ3n) is 4.78. The van der Waals surface area contributed by atoms with Gasteiger partial charge in [-0.2, -0.15) is 0 Å². The summed E-state index contributed by atoms with van der Waals surface area (Å²) < 4.78 is 25.0. The van der Waals surface area contributed by atoms with Gasteiger partial charge in [-0.1, -0.05) is 32.0 Å². The molecule has 2 rings (SSSR count). The van der Waals surface area contributed by atoms with Gasteiger partial charge in [-0.25, -0.2) is 8.78 Å². The molecule has 0 aliphatic carbocycles. The summed E-state index contributed by atoms with van der Waals surface area (Å²) in [4.78, 5) is 28.9. The molecule has 27 heavy (non-hydrogen) atoms. The number of amides is 2. The lowest BCUT2D eigenvalue weighted by atomic mass is 10.0. The highest BCUT2D eigenvalue weighted by molar-refractivity contribution is 5.98. The van der Waals surface area contributed by atoms with Crippen LogP contribution in [0, 0.1) is 12.8 Å². The minimum atomic E-state index is -2.37. The van der Waals surface area contributed by atoms with Crippen molar-refractivity contribution in [2.75, 3.05) is 32.7 Å². The molecular weight excluding hydrogens is 352 g/mol. The van der Waals surface area contributed by atoms with E-state index in [1.54, 1.807) is 21.9 Å². The van der Waals surface area contributed by atoms with Crippen LogP contribution in [0.2, 0.25) is 0 Å². The second-order valence-corrected chi connectivity index (χ2v) is 7.49. The van der Waals surface area contributed by atoms with Crippen molar-refractivity contribution in [1.82, 2.24) is 15.1 Å². The Labute approximate surface area is 159 Å². The van der Waals surface area contributed by atoms with Gasteiger partial charge in [-0.05, 0) is 30.9 Å². The number of halogens is 2. The molecule has 0 radical (unpaired) electrons. The summed E-state index contributed by atoms with van der Waals surface area (Å²) in [5, 5.41) is 2.88. The summed E-state index contributed by atoms with van der Waals surface area (Å²) in [7, 11) is 0. The third-order valence-corrected chi connectivity index (χ3v) is 4.78. The number of carbonyl (C=O) groups is 2. The number of alkyl halides is 2. The molecule has 1 aliphatic heterocycles. The summed E-state index contributed by atoms with van der Waals surface area (Å²) in [5.74, 6) is -0.165. The molecule has 1 N–H and O–H groups in total. The smallest absolute Gasteiger partial charge is 0.252 e. The maximum absolute atomic E-state index is 13.0. The quantitative estimate of drug-likeness (QED) is 0.790. The zero-order valence-corrected chi connectivity index (χ0v) is 16.3. The van der Waals surface area contributed by atoms with Gasteiger partial charge in [-0.3, -0.25) is 14.5 Å². The number of aryl methyl sites for hydroxylation is 1. The normalized spacial score (nSPS) is 16.6. The largest absolute Gasteiger partial charge is 0.340 e. The van der Waals surface area contributed by atoms with Crippen molar-refractivity contribution in [3.63, 3.8) is 0 Å². The molecule has 5 nitrogen and oxygen atoms in total. The fraction of sp³-hybridized carbons (Fsp3) is 0.600. The monoisotopic (exact) mass is 381 g/mol. The van der Waals surface area contributed by atoms with E-state index in [1.807, 2.05) is 32.9 Å². The van der Waals surface area contributed by atoms with E-state index >= 15 is 0 Å². The molecule has 1 aliphatic rings. The molecular formula is C20H29F2N3O2. The van der Waals surface area contributed by atoms with E-state index in [4.69, 9.17) is 0 Å². The second-order valence-electron chi connectivity index (χ2n) is 7.49. The Morgan fingerprint density at radius 3 is 2.30 bits per heavy atom. The second kappa shape index (κ2) is 9.78. The molecule has 0 aromatic heterocycles. The van der Waals surface area contributed by atoms with Gasteiger partial charge in [0.05, 0.1) is 6.54 Å². The molecule has 1 heterocycles. The zero-order chi connectivity index (χ0) is 20.0. The molecule has 1 saturated heterocycles. The predicted molar refractivity (Wildman–Crippen MR) is 101 cm³/mol. The first-order valence-corrected chi connectivity index (χ1v) is 9.43. The molecule has 0 saturated carbocycles. The van der Waals surface area contributed by atoms with Gasteiger partial charge in [0.25, 0.3) is 12.3 Å². The Morgan fingerprint density at radius 2 is 1.74 bits per heavy atom. The van der Waals surface area contributed by atoms with E-state index in [0.717, 1.165) is 5.56 Å². The standard InChI is InChI=1S/C20H29F2N3O2/c1-14(2)12-17(23-19(26)16-7-5-4-6-15(16)3)20(27)25-10-8-24(9-11-25)13-18(21)22/h4-7,14,17-18H,8-13H2,1-3H3,(H,23,26)/t17-/m1/s1. The molecule has 2 amide bonds. The van der Waals surface area contributed by atoms with E-state index in [2.05, 4.69) is 5.32 Å². The average Bonchev–Trinajstić information content (AvgIpc) is 2.60. The predicted octanol–water partition coefficient (Wildman–Crippen LogP) is 2.55. The fourth-order valence-corrected chi connectivity index (χ4v) is 3.32. The van der Waals surface area contributed by atoms with Crippen LogP contribution in [0.25, 0.3) is 0 Å². The number of carbonyl (C=O) groups excluding carboxylic acids is 2. The molecule has 0 unspecified atom stereocenters. The Balaban J connectivity index is 2.02. The first kappa shape index (κ1) is 21.3. The highest BCUT2D eigenvalue weighted by Gasteiger charge is 2.30. The maximum Gasteiger partial charge on any atom is 0.252 e. The van der Waals surface area contributed by atoms with Crippen molar-refractivity contribution in [2.24, 2.45) is 5.92 Å². The van der Waals surface area contributed by atoms with Crippen molar-refractivity contribution >= 4 is 11.8 Å². The van der Waals surface area contributed by atoms with Crippen LogP contribution in [0.1, 0.15) is 36.2 Å². The van der Waals surface area contributed by atoms with Crippen molar-refractivity contribution in [3.05, 3.63) is 35.4 Å². The molecule has 150 valence electrons. The summed E-state index contributed by atoms with van der Waals surface area (Å²) in [6.07, 6.45) is -1.83. The molecule has 0 spiro atoms. The van der Waals surface area contributed by atoms with Crippen LogP contribution >= 0.6 is 0 Å². The minimum absolute atomic E-state index is 0.137. The highest BCUT2D eigenvalue weighted by Crippen LogP contribution is 2.13. The lowest BCUT2D eigenvalue weighted by molar-refractivity contribution is -0.135. The van der Waals surface area contributed by atoms with Crippen LogP contribution in [-0.2, 0) is 4.79 Å². The Hall–Kier alpha value is -2.02. The van der Waals surface area contributed by atoms with Crippen LogP contribution in [0.4, 0.5) is 8.78 Å². The third kappa shape index (κ3) is 6.27. The van der Waals surface area contributed by atoms with Crippen LogP contribution in [-0.4, -0.2) is 66.8 Å². The van der Waals surface area contributed by atoms with Gasteiger partial charge >= 0.3 is 0 Å². The van der Waals surface area contributed by atoms with Gasteiger partial charge < -0.3 is 10.2 Å². The Morgan fingerprint density at radius 1 is 1.11 bits per heavy atom. The number of rotatable bonds is 7. The molecule has 1 fully saturated rings. The first-order chi connectivity index (χ1) is 12.8. The van der Waals surface area contributed by atoms with Gasteiger partial charge in [0.15, 0.2) is 0 Å². The number of piperazine rings is 1. The number of hydrogen-bond acceptors (Lipinski definition) is 3. The average molecular weight is 381 g/mol. The lowest BCUT2D eigenvalue weighted by Crippen LogP contribution is -2.55. The highest BCUT2D eigenvalue weighted by atomic mass is 19.3. The van der Waals surface area contributed by atoms with E-state index in [0.29, 0.717) is 38.2 Å². The van der Waals surface area contributed by atoms with Crippen molar-refractivity contribution in [2.45, 2.75) is 39.7 Å². The van der Waals surface area contributed by atoms with Gasteiger partial charge in [0.1, 0.15) is 6.04 Å². The van der Waals surface area contributed by atoms with Gasteiger partial charge in [-0.15, -0.1) is 0 Å². The first-order valence-electron chi connectivity index (χ1n) is 9.43. The number of benzene rings is 1. The van der Waals surface area contributed by atoms with Crippen molar-refractivity contribution in [3.8, 4) is 0 Å². The zero-order valence-electron chi connectivity index (χ0n) is 16.3. The molecule has 1 atom stereocenters. The van der Waals surface area contributed by atoms with E-state index in [-0.39, 0.29) is 24.3 Å². The molecule has 0 bridgehead atoms. The van der Waals surface area contributed by atoms with Crippen molar-refractivity contribution < 1.29 is 18.4 Å². The number of nitrogens with zero attached hydrogens (tertiary/aromatic N) is 2. The molecule has 7 heteroatoms. The lowest BCUT2D eigenvalue weighted by Gasteiger charge is -2.36. The number of hydrogen-bond donors (Lipinski definition) is 1. The van der Waals surface area contributed by atoms with Crippen molar-refractivity contribution in [1.29, 1.82) is 0 Å². The van der Waals surface area contributed by atoms with Crippen LogP contribution < -0.4 is 5.32 Å².